The Hall–Kier alpha value is -2.32. The molecule has 0 amide bonds. The van der Waals surface area contributed by atoms with Gasteiger partial charge in [0.25, 0.3) is 10.0 Å². The van der Waals surface area contributed by atoms with Crippen molar-refractivity contribution >= 4 is 31.8 Å². The van der Waals surface area contributed by atoms with Crippen LogP contribution in [-0.2, 0) is 16.6 Å². The Kier molecular flexibility index (Phi) is 5.10. The van der Waals surface area contributed by atoms with Crippen molar-refractivity contribution in [3.8, 4) is 5.75 Å². The molecule has 3 aromatic rings. The predicted octanol–water partition coefficient (Wildman–Crippen LogP) is 3.84. The van der Waals surface area contributed by atoms with Crippen LogP contribution in [0.3, 0.4) is 0 Å². The SMILES string of the molecule is COc1ccc(CN(c2ccon2)S(=O)(=O)c2ccc(Br)cc2)cc1. The van der Waals surface area contributed by atoms with Gasteiger partial charge in [-0.05, 0) is 42.0 Å². The molecule has 0 radical (unpaired) electrons. The monoisotopic (exact) mass is 422 g/mol. The number of hydrogen-bond acceptors (Lipinski definition) is 5. The molecule has 8 heteroatoms. The Morgan fingerprint density at radius 2 is 1.76 bits per heavy atom. The van der Waals surface area contributed by atoms with Gasteiger partial charge in [0.2, 0.25) is 0 Å². The van der Waals surface area contributed by atoms with Crippen molar-refractivity contribution in [3.63, 3.8) is 0 Å². The zero-order chi connectivity index (χ0) is 17.9. The largest absolute Gasteiger partial charge is 0.497 e. The van der Waals surface area contributed by atoms with Crippen molar-refractivity contribution in [1.29, 1.82) is 0 Å². The zero-order valence-corrected chi connectivity index (χ0v) is 15.7. The van der Waals surface area contributed by atoms with Gasteiger partial charge in [-0.15, -0.1) is 0 Å². The number of hydrogen-bond donors (Lipinski definition) is 0. The van der Waals surface area contributed by atoms with Gasteiger partial charge < -0.3 is 9.26 Å². The Labute approximate surface area is 154 Å². The molecule has 130 valence electrons. The second-order valence-electron chi connectivity index (χ2n) is 5.17. The molecule has 0 spiro atoms. The normalized spacial score (nSPS) is 11.3. The van der Waals surface area contributed by atoms with Gasteiger partial charge in [-0.25, -0.2) is 12.7 Å². The lowest BCUT2D eigenvalue weighted by atomic mass is 10.2. The lowest BCUT2D eigenvalue weighted by Gasteiger charge is -2.22. The van der Waals surface area contributed by atoms with Gasteiger partial charge in [0.05, 0.1) is 18.6 Å². The lowest BCUT2D eigenvalue weighted by molar-refractivity contribution is 0.414. The number of benzene rings is 2. The molecule has 2 aromatic carbocycles. The Morgan fingerprint density at radius 1 is 1.08 bits per heavy atom. The first-order chi connectivity index (χ1) is 12.0. The maximum atomic E-state index is 13.1. The summed E-state index contributed by atoms with van der Waals surface area (Å²) >= 11 is 3.31. The second-order valence-corrected chi connectivity index (χ2v) is 7.95. The van der Waals surface area contributed by atoms with Gasteiger partial charge in [-0.1, -0.05) is 33.2 Å². The molecule has 1 aromatic heterocycles. The number of rotatable bonds is 6. The van der Waals surface area contributed by atoms with Crippen LogP contribution in [0, 0.1) is 0 Å². The minimum Gasteiger partial charge on any atom is -0.497 e. The highest BCUT2D eigenvalue weighted by Gasteiger charge is 2.27. The van der Waals surface area contributed by atoms with Gasteiger partial charge in [0, 0.05) is 10.5 Å². The fourth-order valence-corrected chi connectivity index (χ4v) is 3.91. The van der Waals surface area contributed by atoms with Crippen molar-refractivity contribution in [3.05, 3.63) is 70.9 Å². The fraction of sp³-hybridized carbons (Fsp3) is 0.118. The predicted molar refractivity (Wildman–Crippen MR) is 97.0 cm³/mol. The van der Waals surface area contributed by atoms with E-state index in [4.69, 9.17) is 9.26 Å². The Morgan fingerprint density at radius 3 is 2.32 bits per heavy atom. The van der Waals surface area contributed by atoms with E-state index in [2.05, 4.69) is 21.1 Å². The minimum atomic E-state index is -3.80. The molecule has 3 rings (SSSR count). The van der Waals surface area contributed by atoms with E-state index < -0.39 is 10.0 Å². The molecule has 0 saturated heterocycles. The molecule has 0 aliphatic rings. The first-order valence-corrected chi connectivity index (χ1v) is 9.55. The van der Waals surface area contributed by atoms with Crippen LogP contribution in [0.25, 0.3) is 0 Å². The summed E-state index contributed by atoms with van der Waals surface area (Å²) in [5.41, 5.74) is 0.796. The van der Waals surface area contributed by atoms with E-state index in [9.17, 15) is 8.42 Å². The van der Waals surface area contributed by atoms with Crippen molar-refractivity contribution in [1.82, 2.24) is 5.16 Å². The number of methoxy groups -OCH3 is 1. The summed E-state index contributed by atoms with van der Waals surface area (Å²) in [6.45, 7) is 0.120. The van der Waals surface area contributed by atoms with Crippen molar-refractivity contribution in [2.24, 2.45) is 0 Å². The van der Waals surface area contributed by atoms with Crippen LogP contribution >= 0.6 is 15.9 Å². The summed E-state index contributed by atoms with van der Waals surface area (Å²) in [6.07, 6.45) is 1.34. The summed E-state index contributed by atoms with van der Waals surface area (Å²) in [5, 5.41) is 3.79. The van der Waals surface area contributed by atoms with Crippen LogP contribution in [0.15, 0.2) is 74.8 Å². The number of ether oxygens (including phenoxy) is 1. The van der Waals surface area contributed by atoms with Gasteiger partial charge >= 0.3 is 0 Å². The van der Waals surface area contributed by atoms with Gasteiger partial charge in [0.15, 0.2) is 5.82 Å². The van der Waals surface area contributed by atoms with Gasteiger partial charge in [0.1, 0.15) is 12.0 Å². The van der Waals surface area contributed by atoms with E-state index in [1.54, 1.807) is 43.5 Å². The molecule has 25 heavy (non-hydrogen) atoms. The van der Waals surface area contributed by atoms with E-state index in [1.807, 2.05) is 12.1 Å². The van der Waals surface area contributed by atoms with E-state index in [0.717, 1.165) is 10.0 Å². The zero-order valence-electron chi connectivity index (χ0n) is 13.3. The first kappa shape index (κ1) is 17.5. The minimum absolute atomic E-state index is 0.120. The smallest absolute Gasteiger partial charge is 0.265 e. The van der Waals surface area contributed by atoms with E-state index in [1.165, 1.54) is 16.6 Å². The van der Waals surface area contributed by atoms with Crippen LogP contribution < -0.4 is 9.04 Å². The van der Waals surface area contributed by atoms with E-state index in [-0.39, 0.29) is 17.3 Å². The topological polar surface area (TPSA) is 72.6 Å². The number of sulfonamides is 1. The molecule has 0 aliphatic heterocycles. The fourth-order valence-electron chi connectivity index (χ4n) is 2.25. The molecule has 0 atom stereocenters. The van der Waals surface area contributed by atoms with Crippen molar-refractivity contribution < 1.29 is 17.7 Å². The van der Waals surface area contributed by atoms with E-state index >= 15 is 0 Å². The summed E-state index contributed by atoms with van der Waals surface area (Å²) < 4.78 is 38.1. The number of nitrogens with zero attached hydrogens (tertiary/aromatic N) is 2. The average Bonchev–Trinajstić information content (AvgIpc) is 3.14. The maximum Gasteiger partial charge on any atom is 0.265 e. The van der Waals surface area contributed by atoms with Crippen LogP contribution in [0.4, 0.5) is 5.82 Å². The van der Waals surface area contributed by atoms with Gasteiger partial charge in [-0.2, -0.15) is 0 Å². The highest BCUT2D eigenvalue weighted by Crippen LogP contribution is 2.26. The third-order valence-corrected chi connectivity index (χ3v) is 5.86. The summed E-state index contributed by atoms with van der Waals surface area (Å²) in [4.78, 5) is 0.173. The Bertz CT molecular complexity index is 924. The molecule has 0 aliphatic carbocycles. The lowest BCUT2D eigenvalue weighted by Crippen LogP contribution is -2.30. The number of aromatic nitrogens is 1. The van der Waals surface area contributed by atoms with Crippen molar-refractivity contribution in [2.45, 2.75) is 11.4 Å². The van der Waals surface area contributed by atoms with Gasteiger partial charge in [-0.3, -0.25) is 0 Å². The molecule has 0 unspecified atom stereocenters. The van der Waals surface area contributed by atoms with Crippen LogP contribution in [0.1, 0.15) is 5.56 Å². The summed E-state index contributed by atoms with van der Waals surface area (Å²) in [5.74, 6) is 0.922. The summed E-state index contributed by atoms with van der Waals surface area (Å²) in [6, 6.07) is 15.1. The molecule has 0 fully saturated rings. The Balaban J connectivity index is 1.98. The number of anilines is 1. The summed E-state index contributed by atoms with van der Waals surface area (Å²) in [7, 11) is -2.22. The highest BCUT2D eigenvalue weighted by atomic mass is 79.9. The quantitative estimate of drug-likeness (QED) is 0.603. The number of halogens is 1. The average molecular weight is 423 g/mol. The first-order valence-electron chi connectivity index (χ1n) is 7.32. The highest BCUT2D eigenvalue weighted by molar-refractivity contribution is 9.10. The van der Waals surface area contributed by atoms with Crippen LogP contribution in [0.2, 0.25) is 0 Å². The molecular weight excluding hydrogens is 408 g/mol. The van der Waals surface area contributed by atoms with Crippen LogP contribution in [-0.4, -0.2) is 20.7 Å². The maximum absolute atomic E-state index is 13.1. The van der Waals surface area contributed by atoms with Crippen LogP contribution in [0.5, 0.6) is 5.75 Å². The van der Waals surface area contributed by atoms with E-state index in [0.29, 0.717) is 5.75 Å². The molecule has 1 heterocycles. The third kappa shape index (κ3) is 3.85. The second kappa shape index (κ2) is 7.28. The molecule has 0 N–H and O–H groups in total. The standard InChI is InChI=1S/C17H15BrN2O4S/c1-23-15-6-2-13(3-7-15)12-20(17-10-11-24-19-17)25(21,22)16-8-4-14(18)5-9-16/h2-11H,12H2,1H3. The van der Waals surface area contributed by atoms with Crippen molar-refractivity contribution in [2.75, 3.05) is 11.4 Å². The molecule has 0 bridgehead atoms. The molecule has 6 nitrogen and oxygen atoms in total. The third-order valence-electron chi connectivity index (χ3n) is 3.57. The molecular formula is C17H15BrN2O4S. The molecule has 0 saturated carbocycles.